The van der Waals surface area contributed by atoms with Crippen molar-refractivity contribution >= 4 is 15.9 Å². The summed E-state index contributed by atoms with van der Waals surface area (Å²) in [5, 5.41) is 0. The van der Waals surface area contributed by atoms with E-state index in [0.29, 0.717) is 13.2 Å². The third-order valence-corrected chi connectivity index (χ3v) is 7.17. The molecule has 0 fully saturated rings. The number of rotatable bonds is 10. The summed E-state index contributed by atoms with van der Waals surface area (Å²) in [7, 11) is 0.688. The van der Waals surface area contributed by atoms with Gasteiger partial charge >= 0.3 is 0 Å². The zero-order valence-electron chi connectivity index (χ0n) is 19.9. The molecule has 0 saturated heterocycles. The summed E-state index contributed by atoms with van der Waals surface area (Å²) in [6, 6.07) is 21.3. The van der Waals surface area contributed by atoms with Gasteiger partial charge in [0, 0.05) is 32.7 Å². The van der Waals surface area contributed by atoms with Gasteiger partial charge in [0.2, 0.25) is 10.0 Å². The third kappa shape index (κ3) is 5.95. The first kappa shape index (κ1) is 25.3. The van der Waals surface area contributed by atoms with E-state index < -0.39 is 10.0 Å². The van der Waals surface area contributed by atoms with E-state index in [9.17, 15) is 13.2 Å². The Morgan fingerprint density at radius 1 is 0.882 bits per heavy atom. The average molecular weight is 483 g/mol. The predicted octanol–water partition coefficient (Wildman–Crippen LogP) is 4.19. The Labute approximate surface area is 201 Å². The summed E-state index contributed by atoms with van der Waals surface area (Å²) in [6.07, 6.45) is 0. The van der Waals surface area contributed by atoms with E-state index in [4.69, 9.17) is 9.47 Å². The number of nitrogens with zero attached hydrogens (tertiary/aromatic N) is 2. The van der Waals surface area contributed by atoms with Crippen molar-refractivity contribution in [1.82, 2.24) is 9.21 Å². The number of carbonyl (C=O) groups excluding carboxylic acids is 1. The molecule has 0 N–H and O–H groups in total. The highest BCUT2D eigenvalue weighted by molar-refractivity contribution is 7.89. The summed E-state index contributed by atoms with van der Waals surface area (Å²) in [5.74, 6) is 0.661. The van der Waals surface area contributed by atoms with Crippen LogP contribution in [0.25, 0.3) is 0 Å². The molecule has 0 aliphatic heterocycles. The van der Waals surface area contributed by atoms with Gasteiger partial charge in [-0.25, -0.2) is 8.42 Å². The molecular formula is C26H30N2O5S. The van der Waals surface area contributed by atoms with Crippen LogP contribution in [0.5, 0.6) is 11.5 Å². The molecule has 0 radical (unpaired) electrons. The first-order chi connectivity index (χ1) is 16.3. The van der Waals surface area contributed by atoms with Crippen LogP contribution in [0.4, 0.5) is 0 Å². The molecule has 7 nitrogen and oxygen atoms in total. The van der Waals surface area contributed by atoms with E-state index in [2.05, 4.69) is 0 Å². The second kappa shape index (κ2) is 11.2. The van der Waals surface area contributed by atoms with Crippen LogP contribution in [0.15, 0.2) is 77.7 Å². The van der Waals surface area contributed by atoms with Crippen LogP contribution in [0.2, 0.25) is 0 Å². The highest BCUT2D eigenvalue weighted by Crippen LogP contribution is 2.29. The van der Waals surface area contributed by atoms with Crippen LogP contribution in [-0.4, -0.2) is 51.3 Å². The predicted molar refractivity (Wildman–Crippen MR) is 131 cm³/mol. The van der Waals surface area contributed by atoms with E-state index in [1.807, 2.05) is 61.5 Å². The Hall–Kier alpha value is -3.36. The molecule has 34 heavy (non-hydrogen) atoms. The Morgan fingerprint density at radius 3 is 2.15 bits per heavy atom. The van der Waals surface area contributed by atoms with Gasteiger partial charge in [0.05, 0.1) is 13.7 Å². The minimum atomic E-state index is -3.91. The fourth-order valence-corrected chi connectivity index (χ4v) is 4.86. The second-order valence-corrected chi connectivity index (χ2v) is 9.86. The number of amides is 1. The molecule has 0 atom stereocenters. The maximum absolute atomic E-state index is 13.3. The van der Waals surface area contributed by atoms with Crippen molar-refractivity contribution in [2.75, 3.05) is 27.8 Å². The summed E-state index contributed by atoms with van der Waals surface area (Å²) >= 11 is 0. The number of ether oxygens (including phenoxy) is 2. The van der Waals surface area contributed by atoms with Crippen molar-refractivity contribution in [3.8, 4) is 11.5 Å². The third-order valence-electron chi connectivity index (χ3n) is 5.35. The second-order valence-electron chi connectivity index (χ2n) is 7.85. The Balaban J connectivity index is 1.82. The van der Waals surface area contributed by atoms with Gasteiger partial charge in [-0.05, 0) is 48.4 Å². The summed E-state index contributed by atoms with van der Waals surface area (Å²) in [4.78, 5) is 14.6. The summed E-state index contributed by atoms with van der Waals surface area (Å²) in [5.41, 5.74) is 2.05. The fourth-order valence-electron chi connectivity index (χ4n) is 3.53. The van der Waals surface area contributed by atoms with E-state index in [1.54, 1.807) is 18.0 Å². The molecule has 0 saturated carbocycles. The van der Waals surface area contributed by atoms with Gasteiger partial charge in [-0.1, -0.05) is 42.5 Å². The molecule has 3 aromatic rings. The van der Waals surface area contributed by atoms with Gasteiger partial charge in [0.1, 0.15) is 16.4 Å². The Bertz CT molecular complexity index is 1210. The highest BCUT2D eigenvalue weighted by Gasteiger charge is 2.27. The summed E-state index contributed by atoms with van der Waals surface area (Å²) in [6.45, 7) is 3.07. The lowest BCUT2D eigenvalue weighted by Crippen LogP contribution is -2.28. The molecule has 0 aliphatic carbocycles. The van der Waals surface area contributed by atoms with Crippen molar-refractivity contribution in [3.05, 3.63) is 89.5 Å². The first-order valence-corrected chi connectivity index (χ1v) is 12.4. The van der Waals surface area contributed by atoms with E-state index in [-0.39, 0.29) is 28.7 Å². The van der Waals surface area contributed by atoms with E-state index in [0.717, 1.165) is 16.9 Å². The molecule has 0 heterocycles. The standard InChI is InChI=1S/C26H30N2O5S/c1-5-33-23-14-11-21(12-15-23)18-27(2)26(29)22-13-16-24(32-4)25(17-22)34(30,31)28(3)19-20-9-7-6-8-10-20/h6-17H,5,18-19H2,1-4H3. The quantitative estimate of drug-likeness (QED) is 0.433. The monoisotopic (exact) mass is 482 g/mol. The van der Waals surface area contributed by atoms with Gasteiger partial charge < -0.3 is 14.4 Å². The van der Waals surface area contributed by atoms with Crippen LogP contribution < -0.4 is 9.47 Å². The lowest BCUT2D eigenvalue weighted by molar-refractivity contribution is 0.0785. The van der Waals surface area contributed by atoms with Crippen molar-refractivity contribution < 1.29 is 22.7 Å². The Kier molecular flexibility index (Phi) is 8.31. The smallest absolute Gasteiger partial charge is 0.253 e. The van der Waals surface area contributed by atoms with Crippen LogP contribution in [-0.2, 0) is 23.1 Å². The largest absolute Gasteiger partial charge is 0.495 e. The number of hydrogen-bond donors (Lipinski definition) is 0. The first-order valence-electron chi connectivity index (χ1n) is 10.9. The highest BCUT2D eigenvalue weighted by atomic mass is 32.2. The molecule has 3 aromatic carbocycles. The molecular weight excluding hydrogens is 452 g/mol. The van der Waals surface area contributed by atoms with Gasteiger partial charge in [0.25, 0.3) is 5.91 Å². The van der Waals surface area contributed by atoms with Crippen LogP contribution in [0.3, 0.4) is 0 Å². The molecule has 0 aliphatic rings. The molecule has 8 heteroatoms. The van der Waals surface area contributed by atoms with Crippen LogP contribution in [0.1, 0.15) is 28.4 Å². The maximum Gasteiger partial charge on any atom is 0.253 e. The van der Waals surface area contributed by atoms with E-state index >= 15 is 0 Å². The average Bonchev–Trinajstić information content (AvgIpc) is 2.85. The molecule has 3 rings (SSSR count). The normalized spacial score (nSPS) is 11.3. The lowest BCUT2D eigenvalue weighted by atomic mass is 10.1. The minimum absolute atomic E-state index is 0.0475. The van der Waals surface area contributed by atoms with Crippen molar-refractivity contribution in [2.45, 2.75) is 24.9 Å². The molecule has 1 amide bonds. The SMILES string of the molecule is CCOc1ccc(CN(C)C(=O)c2ccc(OC)c(S(=O)(=O)N(C)Cc3ccccc3)c2)cc1. The van der Waals surface area contributed by atoms with E-state index in [1.165, 1.54) is 30.6 Å². The van der Waals surface area contributed by atoms with Crippen molar-refractivity contribution in [3.63, 3.8) is 0 Å². The number of carbonyl (C=O) groups is 1. The molecule has 0 aromatic heterocycles. The number of benzene rings is 3. The van der Waals surface area contributed by atoms with Gasteiger partial charge in [-0.3, -0.25) is 4.79 Å². The lowest BCUT2D eigenvalue weighted by Gasteiger charge is -2.21. The molecule has 0 bridgehead atoms. The zero-order valence-corrected chi connectivity index (χ0v) is 20.7. The molecule has 0 spiro atoms. The van der Waals surface area contributed by atoms with Crippen molar-refractivity contribution in [2.24, 2.45) is 0 Å². The number of hydrogen-bond acceptors (Lipinski definition) is 5. The van der Waals surface area contributed by atoms with Gasteiger partial charge in [-0.15, -0.1) is 0 Å². The molecule has 0 unspecified atom stereocenters. The Morgan fingerprint density at radius 2 is 1.53 bits per heavy atom. The maximum atomic E-state index is 13.3. The summed E-state index contributed by atoms with van der Waals surface area (Å²) < 4.78 is 38.7. The fraction of sp³-hybridized carbons (Fsp3) is 0.269. The van der Waals surface area contributed by atoms with Crippen LogP contribution >= 0.6 is 0 Å². The number of sulfonamides is 1. The minimum Gasteiger partial charge on any atom is -0.495 e. The number of methoxy groups -OCH3 is 1. The van der Waals surface area contributed by atoms with Crippen molar-refractivity contribution in [1.29, 1.82) is 0 Å². The van der Waals surface area contributed by atoms with Gasteiger partial charge in [-0.2, -0.15) is 4.31 Å². The molecule has 180 valence electrons. The van der Waals surface area contributed by atoms with Gasteiger partial charge in [0.15, 0.2) is 0 Å². The van der Waals surface area contributed by atoms with Crippen LogP contribution in [0, 0.1) is 0 Å². The topological polar surface area (TPSA) is 76.1 Å². The zero-order chi connectivity index (χ0) is 24.7.